The highest BCUT2D eigenvalue weighted by atomic mass is 16.7. The lowest BCUT2D eigenvalue weighted by Crippen LogP contribution is -2.54. The van der Waals surface area contributed by atoms with Gasteiger partial charge in [-0.15, -0.1) is 0 Å². The highest BCUT2D eigenvalue weighted by Gasteiger charge is 2.45. The van der Waals surface area contributed by atoms with E-state index >= 15 is 0 Å². The number of carbonyl (C=O) groups is 6. The molecule has 0 amide bonds. The summed E-state index contributed by atoms with van der Waals surface area (Å²) < 4.78 is 29.7. The molecular weight excluding hydrogens is 396 g/mol. The van der Waals surface area contributed by atoms with Crippen LogP contribution in [-0.4, -0.2) is 67.0 Å². The molecule has 0 rings (SSSR count). The summed E-state index contributed by atoms with van der Waals surface area (Å²) in [7, 11) is 0. The van der Waals surface area contributed by atoms with Gasteiger partial charge in [-0.3, -0.25) is 28.8 Å². The number of rotatable bonds is 10. The fourth-order valence-corrected chi connectivity index (χ4v) is 2.11. The maximum absolute atomic E-state index is 11.6. The lowest BCUT2D eigenvalue weighted by atomic mass is 10.1. The topological polar surface area (TPSA) is 158 Å². The molecule has 0 aromatic carbocycles. The van der Waals surface area contributed by atoms with E-state index in [0.29, 0.717) is 0 Å². The zero-order chi connectivity index (χ0) is 22.7. The first kappa shape index (κ1) is 25.8. The molecule has 0 saturated heterocycles. The second-order valence-electron chi connectivity index (χ2n) is 5.69. The van der Waals surface area contributed by atoms with Gasteiger partial charge in [-0.1, -0.05) is 0 Å². The van der Waals surface area contributed by atoms with Crippen molar-refractivity contribution in [2.24, 2.45) is 0 Å². The maximum Gasteiger partial charge on any atom is 0.305 e. The van der Waals surface area contributed by atoms with Crippen LogP contribution in [0, 0.1) is 0 Å². The van der Waals surface area contributed by atoms with Crippen LogP contribution in [0.25, 0.3) is 0 Å². The Labute approximate surface area is 166 Å². The molecule has 0 heterocycles. The first-order valence-corrected chi connectivity index (χ1v) is 8.32. The first-order chi connectivity index (χ1) is 13.3. The monoisotopic (exact) mass is 420 g/mol. The van der Waals surface area contributed by atoms with E-state index in [0.717, 1.165) is 41.5 Å². The third-order valence-electron chi connectivity index (χ3n) is 2.90. The molecule has 0 aliphatic carbocycles. The summed E-state index contributed by atoms with van der Waals surface area (Å²) in [4.78, 5) is 68.7. The molecule has 0 bridgehead atoms. The van der Waals surface area contributed by atoms with Crippen LogP contribution in [-0.2, 0) is 57.2 Å². The second kappa shape index (κ2) is 12.3. The Bertz CT molecular complexity index is 624. The smallest absolute Gasteiger partial charge is 0.305 e. The quantitative estimate of drug-likeness (QED) is 0.261. The summed E-state index contributed by atoms with van der Waals surface area (Å²) in [5.74, 6) is -5.26. The number of hydrogen-bond acceptors (Lipinski definition) is 12. The fourth-order valence-electron chi connectivity index (χ4n) is 2.11. The van der Waals surface area contributed by atoms with Crippen LogP contribution in [0.1, 0.15) is 41.5 Å². The van der Waals surface area contributed by atoms with E-state index in [1.54, 1.807) is 0 Å². The van der Waals surface area contributed by atoms with Gasteiger partial charge >= 0.3 is 35.8 Å². The van der Waals surface area contributed by atoms with E-state index in [1.807, 2.05) is 0 Å². The summed E-state index contributed by atoms with van der Waals surface area (Å²) in [6.07, 6.45) is -6.75. The van der Waals surface area contributed by atoms with Crippen LogP contribution < -0.4 is 0 Å². The van der Waals surface area contributed by atoms with Crippen LogP contribution >= 0.6 is 0 Å². The molecule has 0 aliphatic rings. The minimum absolute atomic E-state index is 0.600. The lowest BCUT2D eigenvalue weighted by molar-refractivity contribution is -0.237. The lowest BCUT2D eigenvalue weighted by Gasteiger charge is -2.34. The Morgan fingerprint density at radius 1 is 0.517 bits per heavy atom. The molecule has 3 atom stereocenters. The van der Waals surface area contributed by atoms with Gasteiger partial charge < -0.3 is 28.4 Å². The summed E-state index contributed by atoms with van der Waals surface area (Å²) in [5, 5.41) is 0. The largest absolute Gasteiger partial charge is 0.462 e. The molecule has 12 nitrogen and oxygen atoms in total. The minimum atomic E-state index is -1.85. The Kier molecular flexibility index (Phi) is 11.0. The van der Waals surface area contributed by atoms with E-state index < -0.39 is 67.0 Å². The van der Waals surface area contributed by atoms with Gasteiger partial charge in [0.1, 0.15) is 6.61 Å². The molecule has 0 unspecified atom stereocenters. The van der Waals surface area contributed by atoms with Crippen molar-refractivity contribution in [3.05, 3.63) is 0 Å². The van der Waals surface area contributed by atoms with Crippen molar-refractivity contribution < 1.29 is 57.2 Å². The van der Waals surface area contributed by atoms with E-state index in [9.17, 15) is 28.8 Å². The second-order valence-corrected chi connectivity index (χ2v) is 5.69. The summed E-state index contributed by atoms with van der Waals surface area (Å²) in [6.45, 7) is 5.48. The number of carbonyl (C=O) groups excluding carboxylic acids is 6. The van der Waals surface area contributed by atoms with Crippen LogP contribution in [0.2, 0.25) is 0 Å². The molecule has 0 fully saturated rings. The van der Waals surface area contributed by atoms with Crippen molar-refractivity contribution in [2.75, 3.05) is 6.61 Å². The number of esters is 6. The van der Waals surface area contributed by atoms with Crippen molar-refractivity contribution in [1.29, 1.82) is 0 Å². The van der Waals surface area contributed by atoms with Crippen molar-refractivity contribution in [2.45, 2.75) is 66.1 Å². The molecule has 29 heavy (non-hydrogen) atoms. The molecule has 164 valence electrons. The molecule has 0 spiro atoms. The normalized spacial score (nSPS) is 13.3. The average Bonchev–Trinajstić information content (AvgIpc) is 2.52. The van der Waals surface area contributed by atoms with Gasteiger partial charge in [-0.2, -0.15) is 0 Å². The minimum Gasteiger partial charge on any atom is -0.462 e. The van der Waals surface area contributed by atoms with Crippen molar-refractivity contribution >= 4 is 35.8 Å². The van der Waals surface area contributed by atoms with Crippen LogP contribution in [0.4, 0.5) is 0 Å². The summed E-state index contributed by atoms with van der Waals surface area (Å²) >= 11 is 0. The van der Waals surface area contributed by atoms with Crippen molar-refractivity contribution in [3.63, 3.8) is 0 Å². The van der Waals surface area contributed by atoms with Crippen LogP contribution in [0.15, 0.2) is 0 Å². The SMILES string of the molecule is CC(=O)OC[C@H](OC(C)=O)[C@H](OC(C)=O)[C@@H](OC(C)=O)C(OC(C)=O)OC(C)=O. The third-order valence-corrected chi connectivity index (χ3v) is 2.90. The van der Waals surface area contributed by atoms with Crippen LogP contribution in [0.3, 0.4) is 0 Å². The van der Waals surface area contributed by atoms with Gasteiger partial charge in [0, 0.05) is 41.5 Å². The van der Waals surface area contributed by atoms with Crippen LogP contribution in [0.5, 0.6) is 0 Å². The number of hydrogen-bond donors (Lipinski definition) is 0. The summed E-state index contributed by atoms with van der Waals surface area (Å²) in [6, 6.07) is 0. The standard InChI is InChI=1S/C17H24O12/c1-8(18)24-7-14(25-9(2)19)15(26-10(3)20)16(27-11(4)21)17(28-12(5)22)29-13(6)23/h14-17H,7H2,1-6H3/t14-,15-,16+/m0/s1. The highest BCUT2D eigenvalue weighted by Crippen LogP contribution is 2.21. The number of ether oxygens (including phenoxy) is 6. The Hall–Kier alpha value is -3.18. The van der Waals surface area contributed by atoms with E-state index in [-0.39, 0.29) is 0 Å². The Morgan fingerprint density at radius 3 is 1.24 bits per heavy atom. The molecule has 0 N–H and O–H groups in total. The third kappa shape index (κ3) is 11.3. The van der Waals surface area contributed by atoms with Gasteiger partial charge in [0.15, 0.2) is 12.2 Å². The average molecular weight is 420 g/mol. The van der Waals surface area contributed by atoms with Gasteiger partial charge in [0.2, 0.25) is 6.10 Å². The molecule has 0 saturated carbocycles. The fraction of sp³-hybridized carbons (Fsp3) is 0.647. The van der Waals surface area contributed by atoms with Gasteiger partial charge in [0.05, 0.1) is 0 Å². The molecular formula is C17H24O12. The predicted molar refractivity (Wildman–Crippen MR) is 90.6 cm³/mol. The van der Waals surface area contributed by atoms with Crippen molar-refractivity contribution in [3.8, 4) is 0 Å². The Balaban J connectivity index is 6.20. The zero-order valence-electron chi connectivity index (χ0n) is 16.9. The zero-order valence-corrected chi connectivity index (χ0v) is 16.9. The maximum atomic E-state index is 11.6. The molecule has 12 heteroatoms. The molecule has 0 aliphatic heterocycles. The first-order valence-electron chi connectivity index (χ1n) is 8.32. The predicted octanol–water partition coefficient (Wildman–Crippen LogP) is -0.203. The molecule has 0 radical (unpaired) electrons. The van der Waals surface area contributed by atoms with Gasteiger partial charge in [0.25, 0.3) is 6.29 Å². The molecule has 0 aromatic rings. The van der Waals surface area contributed by atoms with Gasteiger partial charge in [-0.25, -0.2) is 0 Å². The van der Waals surface area contributed by atoms with Gasteiger partial charge in [-0.05, 0) is 0 Å². The van der Waals surface area contributed by atoms with Crippen molar-refractivity contribution in [1.82, 2.24) is 0 Å². The Morgan fingerprint density at radius 2 is 0.897 bits per heavy atom. The van der Waals surface area contributed by atoms with E-state index in [2.05, 4.69) is 0 Å². The summed E-state index contributed by atoms with van der Waals surface area (Å²) in [5.41, 5.74) is 0. The molecule has 0 aromatic heterocycles. The highest BCUT2D eigenvalue weighted by molar-refractivity contribution is 5.70. The van der Waals surface area contributed by atoms with E-state index in [1.165, 1.54) is 0 Å². The van der Waals surface area contributed by atoms with E-state index in [4.69, 9.17) is 28.4 Å².